The zero-order valence-corrected chi connectivity index (χ0v) is 13.0. The third-order valence-corrected chi connectivity index (χ3v) is 4.23. The molecular weight excluding hydrogens is 288 g/mol. The number of hydrogen-bond acceptors (Lipinski definition) is 4. The molecule has 21 heavy (non-hydrogen) atoms. The first-order chi connectivity index (χ1) is 10.2. The van der Waals surface area contributed by atoms with Gasteiger partial charge in [0.1, 0.15) is 5.82 Å². The van der Waals surface area contributed by atoms with Crippen molar-refractivity contribution in [3.63, 3.8) is 0 Å². The number of benzene rings is 1. The van der Waals surface area contributed by atoms with Crippen LogP contribution in [0.25, 0.3) is 11.0 Å². The molecule has 0 aliphatic carbocycles. The van der Waals surface area contributed by atoms with Crippen molar-refractivity contribution in [3.05, 3.63) is 29.0 Å². The van der Waals surface area contributed by atoms with Crippen molar-refractivity contribution >= 4 is 22.6 Å². The van der Waals surface area contributed by atoms with Crippen molar-refractivity contribution < 1.29 is 4.74 Å². The smallest absolute Gasteiger partial charge is 0.123 e. The summed E-state index contributed by atoms with van der Waals surface area (Å²) in [5, 5.41) is 0.739. The van der Waals surface area contributed by atoms with E-state index >= 15 is 0 Å². The number of aryl methyl sites for hydroxylation is 1. The SMILES string of the molecule is Cn1c(CN2CCCOC(CN)C2)nc2ccc(Cl)cc21. The first kappa shape index (κ1) is 14.8. The molecule has 1 aromatic heterocycles. The summed E-state index contributed by atoms with van der Waals surface area (Å²) in [4.78, 5) is 7.09. The third kappa shape index (κ3) is 3.21. The second-order valence-corrected chi connectivity index (χ2v) is 5.97. The normalized spacial score (nSPS) is 20.8. The Labute approximate surface area is 129 Å². The maximum Gasteiger partial charge on any atom is 0.123 e. The van der Waals surface area contributed by atoms with Gasteiger partial charge in [0, 0.05) is 38.3 Å². The molecule has 0 bridgehead atoms. The predicted molar refractivity (Wildman–Crippen MR) is 84.4 cm³/mol. The zero-order chi connectivity index (χ0) is 14.8. The van der Waals surface area contributed by atoms with Gasteiger partial charge in [0.2, 0.25) is 0 Å². The van der Waals surface area contributed by atoms with Crippen molar-refractivity contribution in [1.29, 1.82) is 0 Å². The van der Waals surface area contributed by atoms with Gasteiger partial charge in [0.25, 0.3) is 0 Å². The Hall–Kier alpha value is -1.14. The lowest BCUT2D eigenvalue weighted by Gasteiger charge is -2.22. The van der Waals surface area contributed by atoms with Crippen LogP contribution in [0.1, 0.15) is 12.2 Å². The molecule has 0 saturated carbocycles. The van der Waals surface area contributed by atoms with E-state index in [9.17, 15) is 0 Å². The molecule has 0 spiro atoms. The molecule has 2 N–H and O–H groups in total. The van der Waals surface area contributed by atoms with Gasteiger partial charge in [-0.1, -0.05) is 11.6 Å². The van der Waals surface area contributed by atoms with Crippen LogP contribution in [0.3, 0.4) is 0 Å². The van der Waals surface area contributed by atoms with Crippen molar-refractivity contribution in [2.45, 2.75) is 19.1 Å². The minimum absolute atomic E-state index is 0.122. The first-order valence-corrected chi connectivity index (χ1v) is 7.70. The number of nitrogens with two attached hydrogens (primary N) is 1. The molecule has 2 aromatic rings. The molecule has 5 nitrogen and oxygen atoms in total. The maximum atomic E-state index is 6.07. The number of rotatable bonds is 3. The van der Waals surface area contributed by atoms with Crippen molar-refractivity contribution in [1.82, 2.24) is 14.5 Å². The van der Waals surface area contributed by atoms with E-state index in [0.29, 0.717) is 6.54 Å². The van der Waals surface area contributed by atoms with Gasteiger partial charge in [0.05, 0.1) is 23.7 Å². The molecule has 2 heterocycles. The van der Waals surface area contributed by atoms with Crippen LogP contribution in [-0.2, 0) is 18.3 Å². The first-order valence-electron chi connectivity index (χ1n) is 7.32. The summed E-state index contributed by atoms with van der Waals surface area (Å²) < 4.78 is 7.83. The zero-order valence-electron chi connectivity index (χ0n) is 12.3. The standard InChI is InChI=1S/C15H21ClN4O/c1-19-14-7-11(16)3-4-13(14)18-15(19)10-20-5-2-6-21-12(8-17)9-20/h3-4,7,12H,2,5-6,8-10,17H2,1H3. The molecule has 1 fully saturated rings. The van der Waals surface area contributed by atoms with Crippen LogP contribution in [-0.4, -0.2) is 46.8 Å². The molecule has 6 heteroatoms. The van der Waals surface area contributed by atoms with Crippen molar-refractivity contribution in [2.24, 2.45) is 12.8 Å². The lowest BCUT2D eigenvalue weighted by Crippen LogP contribution is -2.36. The van der Waals surface area contributed by atoms with Gasteiger partial charge < -0.3 is 15.0 Å². The van der Waals surface area contributed by atoms with Crippen LogP contribution in [0.4, 0.5) is 0 Å². The topological polar surface area (TPSA) is 56.3 Å². The lowest BCUT2D eigenvalue weighted by atomic mass is 10.3. The van der Waals surface area contributed by atoms with Gasteiger partial charge >= 0.3 is 0 Å². The number of fused-ring (bicyclic) bond motifs is 1. The second kappa shape index (κ2) is 6.32. The number of nitrogens with zero attached hydrogens (tertiary/aromatic N) is 3. The summed E-state index contributed by atoms with van der Waals surface area (Å²) in [7, 11) is 2.04. The number of imidazole rings is 1. The highest BCUT2D eigenvalue weighted by Crippen LogP contribution is 2.21. The number of ether oxygens (including phenoxy) is 1. The van der Waals surface area contributed by atoms with E-state index in [-0.39, 0.29) is 6.10 Å². The quantitative estimate of drug-likeness (QED) is 0.939. The van der Waals surface area contributed by atoms with Crippen molar-refractivity contribution in [3.8, 4) is 0 Å². The summed E-state index contributed by atoms with van der Waals surface area (Å²) in [5.74, 6) is 1.05. The highest BCUT2D eigenvalue weighted by molar-refractivity contribution is 6.31. The molecule has 1 aromatic carbocycles. The molecule has 1 aliphatic heterocycles. The average Bonchev–Trinajstić information content (AvgIpc) is 2.67. The molecular formula is C15H21ClN4O. The van der Waals surface area contributed by atoms with Crippen LogP contribution in [0.15, 0.2) is 18.2 Å². The summed E-state index contributed by atoms with van der Waals surface area (Å²) in [6, 6.07) is 5.81. The fraction of sp³-hybridized carbons (Fsp3) is 0.533. The fourth-order valence-corrected chi connectivity index (χ4v) is 2.98. The van der Waals surface area contributed by atoms with Crippen LogP contribution >= 0.6 is 11.6 Å². The van der Waals surface area contributed by atoms with E-state index in [1.54, 1.807) is 0 Å². The molecule has 1 atom stereocenters. The number of halogens is 1. The lowest BCUT2D eigenvalue weighted by molar-refractivity contribution is 0.0592. The highest BCUT2D eigenvalue weighted by Gasteiger charge is 2.19. The van der Waals surface area contributed by atoms with E-state index in [2.05, 4.69) is 9.47 Å². The third-order valence-electron chi connectivity index (χ3n) is 4.00. The van der Waals surface area contributed by atoms with Gasteiger partial charge in [0.15, 0.2) is 0 Å². The number of hydrogen-bond donors (Lipinski definition) is 1. The second-order valence-electron chi connectivity index (χ2n) is 5.54. The van der Waals surface area contributed by atoms with E-state index in [1.807, 2.05) is 25.2 Å². The van der Waals surface area contributed by atoms with E-state index in [4.69, 9.17) is 27.1 Å². The molecule has 114 valence electrons. The van der Waals surface area contributed by atoms with E-state index in [1.165, 1.54) is 0 Å². The summed E-state index contributed by atoms with van der Waals surface area (Å²) in [6.45, 7) is 4.04. The summed E-state index contributed by atoms with van der Waals surface area (Å²) in [6.07, 6.45) is 1.16. The molecule has 3 rings (SSSR count). The Morgan fingerprint density at radius 1 is 1.48 bits per heavy atom. The Kier molecular flexibility index (Phi) is 4.45. The Morgan fingerprint density at radius 3 is 3.14 bits per heavy atom. The van der Waals surface area contributed by atoms with Crippen LogP contribution in [0.5, 0.6) is 0 Å². The predicted octanol–water partition coefficient (Wildman–Crippen LogP) is 1.78. The Morgan fingerprint density at radius 2 is 2.33 bits per heavy atom. The summed E-state index contributed by atoms with van der Waals surface area (Å²) >= 11 is 6.07. The minimum atomic E-state index is 0.122. The average molecular weight is 309 g/mol. The molecule has 0 radical (unpaired) electrons. The number of aromatic nitrogens is 2. The largest absolute Gasteiger partial charge is 0.376 e. The Bertz CT molecular complexity index is 627. The van der Waals surface area contributed by atoms with Crippen LogP contribution in [0.2, 0.25) is 5.02 Å². The molecule has 0 amide bonds. The highest BCUT2D eigenvalue weighted by atomic mass is 35.5. The van der Waals surface area contributed by atoms with Gasteiger partial charge in [-0.3, -0.25) is 4.90 Å². The summed E-state index contributed by atoms with van der Waals surface area (Å²) in [5.41, 5.74) is 7.80. The van der Waals surface area contributed by atoms with Gasteiger partial charge in [-0.25, -0.2) is 4.98 Å². The molecule has 1 saturated heterocycles. The monoisotopic (exact) mass is 308 g/mol. The van der Waals surface area contributed by atoms with Crippen LogP contribution in [0, 0.1) is 0 Å². The van der Waals surface area contributed by atoms with E-state index in [0.717, 1.165) is 54.5 Å². The maximum absolute atomic E-state index is 6.07. The van der Waals surface area contributed by atoms with Crippen molar-refractivity contribution in [2.75, 3.05) is 26.2 Å². The minimum Gasteiger partial charge on any atom is -0.376 e. The van der Waals surface area contributed by atoms with E-state index < -0.39 is 0 Å². The van der Waals surface area contributed by atoms with Gasteiger partial charge in [-0.15, -0.1) is 0 Å². The fourth-order valence-electron chi connectivity index (χ4n) is 2.81. The molecule has 1 unspecified atom stereocenters. The van der Waals surface area contributed by atoms with Gasteiger partial charge in [-0.05, 0) is 24.6 Å². The van der Waals surface area contributed by atoms with Gasteiger partial charge in [-0.2, -0.15) is 0 Å². The Balaban J connectivity index is 1.82. The van der Waals surface area contributed by atoms with Crippen LogP contribution < -0.4 is 5.73 Å². The molecule has 1 aliphatic rings.